The maximum absolute atomic E-state index is 13.0. The Morgan fingerprint density at radius 3 is 2.88 bits per heavy atom. The quantitative estimate of drug-likeness (QED) is 0.465. The molecule has 9 nitrogen and oxygen atoms in total. The molecule has 0 amide bonds. The smallest absolute Gasteiger partial charge is 0.255 e. The summed E-state index contributed by atoms with van der Waals surface area (Å²) in [7, 11) is -3.75. The lowest BCUT2D eigenvalue weighted by Gasteiger charge is -2.24. The summed E-state index contributed by atoms with van der Waals surface area (Å²) in [6.07, 6.45) is 3.31. The summed E-state index contributed by atoms with van der Waals surface area (Å²) >= 11 is 0. The molecule has 1 atom stereocenters. The number of nitrogens with zero attached hydrogens (tertiary/aromatic N) is 1. The number of sulfonamides is 1. The summed E-state index contributed by atoms with van der Waals surface area (Å²) in [5, 5.41) is 4.38. The Kier molecular flexibility index (Phi) is 6.55. The molecule has 3 heterocycles. The summed E-state index contributed by atoms with van der Waals surface area (Å²) in [5.74, 6) is 1.56. The molecule has 2 aliphatic rings. The number of fused-ring (bicyclic) bond motifs is 2. The fourth-order valence-corrected chi connectivity index (χ4v) is 5.85. The summed E-state index contributed by atoms with van der Waals surface area (Å²) in [6, 6.07) is 12.7. The molecule has 0 radical (unpaired) electrons. The standard InChI is InChI=1S/C24H28N4O5S/c29-24-20-3-1-4-23(19(20)7-9-26-24)34(30,31)27-10-12-28-11-2-8-25-18(15-28)13-17-5-6-21-22(14-17)33-16-32-21/h1,3-7,9,14,18,25,27H,2,8,10-13,15-16H2,(H,26,29). The van der Waals surface area contributed by atoms with Gasteiger partial charge in [-0.25, -0.2) is 13.1 Å². The van der Waals surface area contributed by atoms with Gasteiger partial charge in [-0.3, -0.25) is 4.79 Å². The monoisotopic (exact) mass is 484 g/mol. The number of hydrogen-bond donors (Lipinski definition) is 3. The van der Waals surface area contributed by atoms with E-state index in [0.717, 1.165) is 44.0 Å². The number of benzene rings is 2. The molecular formula is C24H28N4O5S. The second-order valence-corrected chi connectivity index (χ2v) is 10.4. The Morgan fingerprint density at radius 1 is 1.09 bits per heavy atom. The van der Waals surface area contributed by atoms with Gasteiger partial charge in [-0.15, -0.1) is 0 Å². The van der Waals surface area contributed by atoms with Gasteiger partial charge in [0.25, 0.3) is 5.56 Å². The highest BCUT2D eigenvalue weighted by atomic mass is 32.2. The summed E-state index contributed by atoms with van der Waals surface area (Å²) in [6.45, 7) is 3.79. The molecule has 3 aromatic rings. The first-order valence-electron chi connectivity index (χ1n) is 11.4. The molecule has 0 aliphatic carbocycles. The SMILES string of the molecule is O=c1[nH]ccc2c(S(=O)(=O)NCCN3CCCNC(Cc4ccc5c(c4)OCO5)C3)cccc12. The fourth-order valence-electron chi connectivity index (χ4n) is 4.61. The molecule has 0 saturated carbocycles. The first-order chi connectivity index (χ1) is 16.5. The van der Waals surface area contributed by atoms with Crippen LogP contribution in [0.4, 0.5) is 0 Å². The van der Waals surface area contributed by atoms with Crippen molar-refractivity contribution in [1.29, 1.82) is 0 Å². The average molecular weight is 485 g/mol. The second-order valence-electron chi connectivity index (χ2n) is 8.62. The summed E-state index contributed by atoms with van der Waals surface area (Å²) in [4.78, 5) is 17.0. The molecule has 1 aromatic heterocycles. The van der Waals surface area contributed by atoms with Crippen molar-refractivity contribution in [3.05, 3.63) is 64.6 Å². The van der Waals surface area contributed by atoms with Gasteiger partial charge >= 0.3 is 0 Å². The largest absolute Gasteiger partial charge is 0.454 e. The van der Waals surface area contributed by atoms with Gasteiger partial charge in [0.1, 0.15) is 0 Å². The Bertz CT molecular complexity index is 1340. The van der Waals surface area contributed by atoms with Crippen LogP contribution in [-0.4, -0.2) is 63.9 Å². The molecule has 0 bridgehead atoms. The zero-order chi connectivity index (χ0) is 23.5. The van der Waals surface area contributed by atoms with Gasteiger partial charge < -0.3 is 24.7 Å². The Balaban J connectivity index is 1.21. The van der Waals surface area contributed by atoms with E-state index >= 15 is 0 Å². The summed E-state index contributed by atoms with van der Waals surface area (Å²) in [5.41, 5.74) is 0.871. The molecule has 1 saturated heterocycles. The average Bonchev–Trinajstić information content (AvgIpc) is 3.18. The molecule has 180 valence electrons. The fraction of sp³-hybridized carbons (Fsp3) is 0.375. The van der Waals surface area contributed by atoms with Crippen molar-refractivity contribution in [2.45, 2.75) is 23.8 Å². The van der Waals surface area contributed by atoms with Crippen molar-refractivity contribution in [2.24, 2.45) is 0 Å². The van der Waals surface area contributed by atoms with E-state index in [1.54, 1.807) is 18.2 Å². The van der Waals surface area contributed by atoms with Crippen LogP contribution in [0.1, 0.15) is 12.0 Å². The van der Waals surface area contributed by atoms with Crippen LogP contribution in [0.5, 0.6) is 11.5 Å². The number of nitrogens with one attached hydrogen (secondary N) is 3. The molecule has 10 heteroatoms. The normalized spacial score (nSPS) is 18.8. The van der Waals surface area contributed by atoms with E-state index in [4.69, 9.17) is 9.47 Å². The van der Waals surface area contributed by atoms with Crippen molar-refractivity contribution in [1.82, 2.24) is 19.9 Å². The van der Waals surface area contributed by atoms with E-state index < -0.39 is 10.0 Å². The number of aromatic nitrogens is 1. The second kappa shape index (κ2) is 9.75. The van der Waals surface area contributed by atoms with E-state index in [0.29, 0.717) is 23.9 Å². The van der Waals surface area contributed by atoms with Crippen LogP contribution in [0.15, 0.2) is 58.4 Å². The zero-order valence-corrected chi connectivity index (χ0v) is 19.6. The molecule has 1 unspecified atom stereocenters. The van der Waals surface area contributed by atoms with Crippen molar-refractivity contribution in [2.75, 3.05) is 39.5 Å². The Morgan fingerprint density at radius 2 is 1.97 bits per heavy atom. The van der Waals surface area contributed by atoms with Crippen molar-refractivity contribution in [3.63, 3.8) is 0 Å². The molecule has 1 fully saturated rings. The highest BCUT2D eigenvalue weighted by Gasteiger charge is 2.22. The molecule has 3 N–H and O–H groups in total. The maximum Gasteiger partial charge on any atom is 0.255 e. The van der Waals surface area contributed by atoms with Crippen LogP contribution in [0, 0.1) is 0 Å². The molecule has 2 aliphatic heterocycles. The molecular weight excluding hydrogens is 456 g/mol. The lowest BCUT2D eigenvalue weighted by molar-refractivity contribution is 0.174. The predicted octanol–water partition coefficient (Wildman–Crippen LogP) is 1.44. The van der Waals surface area contributed by atoms with Crippen LogP contribution < -0.4 is 25.1 Å². The minimum atomic E-state index is -3.75. The van der Waals surface area contributed by atoms with Crippen molar-refractivity contribution < 1.29 is 17.9 Å². The van der Waals surface area contributed by atoms with Crippen molar-refractivity contribution in [3.8, 4) is 11.5 Å². The van der Waals surface area contributed by atoms with Crippen LogP contribution in [0.25, 0.3) is 10.8 Å². The van der Waals surface area contributed by atoms with E-state index in [1.165, 1.54) is 17.8 Å². The number of ether oxygens (including phenoxy) is 2. The highest BCUT2D eigenvalue weighted by Crippen LogP contribution is 2.32. The lowest BCUT2D eigenvalue weighted by atomic mass is 10.0. The third-order valence-corrected chi connectivity index (χ3v) is 7.79. The molecule has 5 rings (SSSR count). The molecule has 2 aromatic carbocycles. The minimum Gasteiger partial charge on any atom is -0.454 e. The first kappa shape index (κ1) is 22.9. The third kappa shape index (κ3) is 4.95. The number of aromatic amines is 1. The van der Waals surface area contributed by atoms with Gasteiger partial charge in [0.05, 0.1) is 4.90 Å². The van der Waals surface area contributed by atoms with E-state index in [9.17, 15) is 13.2 Å². The zero-order valence-electron chi connectivity index (χ0n) is 18.7. The number of pyridine rings is 1. The van der Waals surface area contributed by atoms with Gasteiger partial charge in [-0.2, -0.15) is 0 Å². The van der Waals surface area contributed by atoms with Gasteiger partial charge in [-0.1, -0.05) is 12.1 Å². The van der Waals surface area contributed by atoms with Crippen molar-refractivity contribution >= 4 is 20.8 Å². The summed E-state index contributed by atoms with van der Waals surface area (Å²) < 4.78 is 39.6. The van der Waals surface area contributed by atoms with Crippen LogP contribution in [0.2, 0.25) is 0 Å². The minimum absolute atomic E-state index is 0.120. The topological polar surface area (TPSA) is 113 Å². The van der Waals surface area contributed by atoms with E-state index in [2.05, 4.69) is 26.0 Å². The Labute approximate surface area is 198 Å². The maximum atomic E-state index is 13.0. The van der Waals surface area contributed by atoms with E-state index in [1.807, 2.05) is 12.1 Å². The van der Waals surface area contributed by atoms with Gasteiger partial charge in [0, 0.05) is 42.6 Å². The van der Waals surface area contributed by atoms with Gasteiger partial charge in [-0.05, 0) is 61.8 Å². The van der Waals surface area contributed by atoms with Crippen LogP contribution >= 0.6 is 0 Å². The van der Waals surface area contributed by atoms with E-state index in [-0.39, 0.29) is 23.3 Å². The molecule has 0 spiro atoms. The van der Waals surface area contributed by atoms with Gasteiger partial charge in [0.2, 0.25) is 16.8 Å². The lowest BCUT2D eigenvalue weighted by Crippen LogP contribution is -2.42. The third-order valence-electron chi connectivity index (χ3n) is 6.27. The van der Waals surface area contributed by atoms with Crippen LogP contribution in [0.3, 0.4) is 0 Å². The predicted molar refractivity (Wildman–Crippen MR) is 129 cm³/mol. The number of H-pyrrole nitrogens is 1. The number of hydrogen-bond acceptors (Lipinski definition) is 7. The highest BCUT2D eigenvalue weighted by molar-refractivity contribution is 7.89. The van der Waals surface area contributed by atoms with Gasteiger partial charge in [0.15, 0.2) is 11.5 Å². The van der Waals surface area contributed by atoms with Crippen LogP contribution in [-0.2, 0) is 16.4 Å². The first-order valence-corrected chi connectivity index (χ1v) is 12.9. The Hall–Kier alpha value is -2.92. The number of rotatable bonds is 7. The molecule has 34 heavy (non-hydrogen) atoms.